The van der Waals surface area contributed by atoms with E-state index in [1.807, 2.05) is 19.1 Å². The van der Waals surface area contributed by atoms with Gasteiger partial charge in [0.15, 0.2) is 0 Å². The van der Waals surface area contributed by atoms with Crippen molar-refractivity contribution in [2.24, 2.45) is 0 Å². The molecule has 0 fully saturated rings. The molecular formula is C13H16N2S. The maximum Gasteiger partial charge on any atom is 0.123 e. The number of benzene rings is 1. The summed E-state index contributed by atoms with van der Waals surface area (Å²) in [4.78, 5) is 4.64. The Morgan fingerprint density at radius 3 is 2.69 bits per heavy atom. The molecule has 2 N–H and O–H groups in total. The van der Waals surface area contributed by atoms with Crippen molar-refractivity contribution in [1.82, 2.24) is 4.98 Å². The van der Waals surface area contributed by atoms with Gasteiger partial charge in [-0.3, -0.25) is 0 Å². The summed E-state index contributed by atoms with van der Waals surface area (Å²) in [7, 11) is 0. The average Bonchev–Trinajstić information content (AvgIpc) is 2.71. The largest absolute Gasteiger partial charge is 0.398 e. The highest BCUT2D eigenvalue weighted by atomic mass is 32.1. The van der Waals surface area contributed by atoms with Gasteiger partial charge in [0, 0.05) is 16.6 Å². The van der Waals surface area contributed by atoms with Crippen LogP contribution in [0.1, 0.15) is 31.0 Å². The predicted molar refractivity (Wildman–Crippen MR) is 70.8 cm³/mol. The molecule has 0 bridgehead atoms. The first-order valence-electron chi connectivity index (χ1n) is 5.40. The average molecular weight is 232 g/mol. The van der Waals surface area contributed by atoms with E-state index >= 15 is 0 Å². The molecule has 2 nitrogen and oxygen atoms in total. The lowest BCUT2D eigenvalue weighted by Crippen LogP contribution is -1.92. The lowest BCUT2D eigenvalue weighted by atomic mass is 10.1. The zero-order valence-electron chi connectivity index (χ0n) is 9.82. The van der Waals surface area contributed by atoms with E-state index in [1.165, 1.54) is 0 Å². The Bertz CT molecular complexity index is 500. The number of nitrogen functional groups attached to an aromatic ring is 1. The third-order valence-electron chi connectivity index (χ3n) is 2.72. The van der Waals surface area contributed by atoms with Gasteiger partial charge in [0.25, 0.3) is 0 Å². The van der Waals surface area contributed by atoms with Crippen molar-refractivity contribution in [3.8, 4) is 10.6 Å². The Hall–Kier alpha value is -1.35. The van der Waals surface area contributed by atoms with Crippen LogP contribution in [0.2, 0.25) is 0 Å². The van der Waals surface area contributed by atoms with Crippen LogP contribution >= 0.6 is 11.3 Å². The number of anilines is 1. The molecular weight excluding hydrogens is 216 g/mol. The molecule has 1 aromatic carbocycles. The topological polar surface area (TPSA) is 38.9 Å². The number of hydrogen-bond acceptors (Lipinski definition) is 3. The smallest absolute Gasteiger partial charge is 0.123 e. The highest BCUT2D eigenvalue weighted by molar-refractivity contribution is 7.13. The highest BCUT2D eigenvalue weighted by Gasteiger charge is 2.10. The third kappa shape index (κ3) is 1.95. The van der Waals surface area contributed by atoms with Crippen molar-refractivity contribution < 1.29 is 0 Å². The van der Waals surface area contributed by atoms with E-state index in [9.17, 15) is 0 Å². The Balaban J connectivity index is 2.47. The molecule has 2 rings (SSSR count). The van der Waals surface area contributed by atoms with Gasteiger partial charge >= 0.3 is 0 Å². The molecule has 16 heavy (non-hydrogen) atoms. The molecule has 0 saturated carbocycles. The number of thiazole rings is 1. The first kappa shape index (κ1) is 11.1. The van der Waals surface area contributed by atoms with Gasteiger partial charge in [-0.1, -0.05) is 26.0 Å². The fraction of sp³-hybridized carbons (Fsp3) is 0.308. The first-order valence-corrected chi connectivity index (χ1v) is 6.28. The fourth-order valence-electron chi connectivity index (χ4n) is 1.56. The van der Waals surface area contributed by atoms with Gasteiger partial charge < -0.3 is 5.73 Å². The van der Waals surface area contributed by atoms with Crippen LogP contribution in [0.3, 0.4) is 0 Å². The summed E-state index contributed by atoms with van der Waals surface area (Å²) < 4.78 is 0. The van der Waals surface area contributed by atoms with E-state index < -0.39 is 0 Å². The van der Waals surface area contributed by atoms with Gasteiger partial charge in [-0.15, -0.1) is 11.3 Å². The summed E-state index contributed by atoms with van der Waals surface area (Å²) in [5.74, 6) is 0.478. The summed E-state index contributed by atoms with van der Waals surface area (Å²) in [5, 5.41) is 3.19. The van der Waals surface area contributed by atoms with E-state index in [-0.39, 0.29) is 0 Å². The molecule has 0 aliphatic rings. The normalized spacial score (nSPS) is 11.0. The number of hydrogen-bond donors (Lipinski definition) is 1. The molecule has 1 aromatic heterocycles. The van der Waals surface area contributed by atoms with Crippen LogP contribution in [-0.2, 0) is 0 Å². The van der Waals surface area contributed by atoms with E-state index in [4.69, 9.17) is 5.73 Å². The van der Waals surface area contributed by atoms with Crippen LogP contribution in [0.5, 0.6) is 0 Å². The monoisotopic (exact) mass is 232 g/mol. The van der Waals surface area contributed by atoms with Crippen molar-refractivity contribution >= 4 is 17.0 Å². The first-order chi connectivity index (χ1) is 7.59. The molecule has 0 spiro atoms. The number of rotatable bonds is 2. The minimum absolute atomic E-state index is 0.478. The maximum absolute atomic E-state index is 5.90. The van der Waals surface area contributed by atoms with E-state index in [2.05, 4.69) is 30.3 Å². The van der Waals surface area contributed by atoms with Crippen molar-refractivity contribution in [2.45, 2.75) is 26.7 Å². The molecule has 0 aliphatic carbocycles. The quantitative estimate of drug-likeness (QED) is 0.799. The van der Waals surface area contributed by atoms with Crippen LogP contribution in [0.4, 0.5) is 5.69 Å². The van der Waals surface area contributed by atoms with Gasteiger partial charge in [-0.2, -0.15) is 0 Å². The van der Waals surface area contributed by atoms with Crippen LogP contribution in [-0.4, -0.2) is 4.98 Å². The van der Waals surface area contributed by atoms with Crippen molar-refractivity contribution in [1.29, 1.82) is 0 Å². The molecule has 84 valence electrons. The Morgan fingerprint density at radius 2 is 2.06 bits per heavy atom. The number of nitrogens with zero attached hydrogens (tertiary/aromatic N) is 1. The summed E-state index contributed by atoms with van der Waals surface area (Å²) in [6.45, 7) is 6.36. The molecule has 0 atom stereocenters. The minimum atomic E-state index is 0.478. The summed E-state index contributed by atoms with van der Waals surface area (Å²) in [6.07, 6.45) is 0. The summed E-state index contributed by atoms with van der Waals surface area (Å²) in [6, 6.07) is 5.98. The molecule has 0 unspecified atom stereocenters. The molecule has 2 aromatic rings. The lowest BCUT2D eigenvalue weighted by molar-refractivity contribution is 0.834. The van der Waals surface area contributed by atoms with Crippen molar-refractivity contribution in [3.63, 3.8) is 0 Å². The second kappa shape index (κ2) is 4.26. The van der Waals surface area contributed by atoms with Crippen molar-refractivity contribution in [3.05, 3.63) is 34.8 Å². The molecule has 0 saturated heterocycles. The van der Waals surface area contributed by atoms with Gasteiger partial charge in [-0.05, 0) is 24.5 Å². The Kier molecular flexibility index (Phi) is 2.97. The fourth-order valence-corrected chi connectivity index (χ4v) is 2.62. The lowest BCUT2D eigenvalue weighted by Gasteiger charge is -2.05. The van der Waals surface area contributed by atoms with E-state index in [0.717, 1.165) is 27.5 Å². The highest BCUT2D eigenvalue weighted by Crippen LogP contribution is 2.31. The molecule has 3 heteroatoms. The second-order valence-electron chi connectivity index (χ2n) is 4.25. The Morgan fingerprint density at radius 1 is 1.31 bits per heavy atom. The standard InChI is InChI=1S/C13H16N2S/c1-8(2)12-7-16-13(15-12)10-5-4-6-11(14)9(10)3/h4-8H,14H2,1-3H3. The van der Waals surface area contributed by atoms with E-state index in [0.29, 0.717) is 5.92 Å². The Labute approximate surface area is 100 Å². The molecule has 0 radical (unpaired) electrons. The second-order valence-corrected chi connectivity index (χ2v) is 5.11. The van der Waals surface area contributed by atoms with Crippen molar-refractivity contribution in [2.75, 3.05) is 5.73 Å². The maximum atomic E-state index is 5.90. The summed E-state index contributed by atoms with van der Waals surface area (Å²) >= 11 is 1.69. The van der Waals surface area contributed by atoms with Crippen LogP contribution in [0, 0.1) is 6.92 Å². The van der Waals surface area contributed by atoms with Crippen LogP contribution in [0.25, 0.3) is 10.6 Å². The van der Waals surface area contributed by atoms with E-state index in [1.54, 1.807) is 11.3 Å². The molecule has 0 amide bonds. The van der Waals surface area contributed by atoms with Crippen LogP contribution in [0.15, 0.2) is 23.6 Å². The minimum Gasteiger partial charge on any atom is -0.398 e. The molecule has 0 aliphatic heterocycles. The van der Waals surface area contributed by atoms with Crippen LogP contribution < -0.4 is 5.73 Å². The SMILES string of the molecule is Cc1c(N)cccc1-c1nc(C(C)C)cs1. The zero-order chi connectivity index (χ0) is 11.7. The summed E-state index contributed by atoms with van der Waals surface area (Å²) in [5.41, 5.74) is 10.2. The third-order valence-corrected chi connectivity index (χ3v) is 3.61. The van der Waals surface area contributed by atoms with Gasteiger partial charge in [0.05, 0.1) is 5.69 Å². The number of nitrogens with two attached hydrogens (primary N) is 1. The van der Waals surface area contributed by atoms with Gasteiger partial charge in [0.2, 0.25) is 0 Å². The van der Waals surface area contributed by atoms with Gasteiger partial charge in [0.1, 0.15) is 5.01 Å². The number of aromatic nitrogens is 1. The molecule has 1 heterocycles. The van der Waals surface area contributed by atoms with Gasteiger partial charge in [-0.25, -0.2) is 4.98 Å². The predicted octanol–water partition coefficient (Wildman–Crippen LogP) is 3.82. The zero-order valence-corrected chi connectivity index (χ0v) is 10.6.